The van der Waals surface area contributed by atoms with Gasteiger partial charge in [-0.05, 0) is 61.0 Å². The Bertz CT molecular complexity index is 2710. The van der Waals surface area contributed by atoms with Crippen LogP contribution < -0.4 is 104 Å². The number of ketones is 1. The first-order valence-electron chi connectivity index (χ1n) is 14.6. The fraction of sp³-hybridized carbons (Fsp3) is 0.0645. The zero-order valence-corrected chi connectivity index (χ0v) is 37.7. The van der Waals surface area contributed by atoms with Crippen molar-refractivity contribution in [3.05, 3.63) is 101 Å². The number of carbonyl (C=O) groups excluding carboxylic acids is 1. The maximum absolute atomic E-state index is 14.5. The molecular weight excluding hydrogens is 815 g/mol. The number of fused-ring (bicyclic) bond motifs is 2. The molecule has 0 saturated carbocycles. The zero-order chi connectivity index (χ0) is 37.6. The van der Waals surface area contributed by atoms with Gasteiger partial charge in [-0.15, -0.1) is 0 Å². The van der Waals surface area contributed by atoms with Gasteiger partial charge in [0.1, 0.15) is 36.1 Å². The normalized spacial score (nSPS) is 13.4. The standard InChI is InChI=1S/C31H24FN7O10S3.3Na/c1-2-39(19-7-4-3-5-8-19)31-35-29(32)34-30(36-31)33-18-11-12-20-17(15-18)16-25(51(44,45)46)26(27(20)40)38-37-23-14-13-21-22(28(23)52(47,48)49)9-6-10-24(21)50(41,42)43;;;/h3-16,37H,2H2,1H3,(H,41,42,43)(H,44,45,46)(H,47,48,49)(H,33,34,35,36);;;/q;3*+1/p-3. The van der Waals surface area contributed by atoms with E-state index in [2.05, 4.69) is 30.8 Å². The minimum Gasteiger partial charge on any atom is -0.744 e. The van der Waals surface area contributed by atoms with E-state index < -0.39 is 79.1 Å². The smallest absolute Gasteiger partial charge is 0.744 e. The maximum Gasteiger partial charge on any atom is 1.00 e. The van der Waals surface area contributed by atoms with Crippen LogP contribution in [0.15, 0.2) is 98.7 Å². The number of para-hydroxylation sites is 1. The van der Waals surface area contributed by atoms with Crippen LogP contribution in [0.2, 0.25) is 0 Å². The summed E-state index contributed by atoms with van der Waals surface area (Å²) in [5.74, 6) is -1.38. The monoisotopic (exact) mass is 835 g/mol. The third-order valence-corrected chi connectivity index (χ3v) is 10.2. The van der Waals surface area contributed by atoms with E-state index in [1.165, 1.54) is 18.2 Å². The molecule has 0 spiro atoms. The summed E-state index contributed by atoms with van der Waals surface area (Å²) in [7, 11) is -16.0. The van der Waals surface area contributed by atoms with E-state index in [9.17, 15) is 48.1 Å². The number of hydrogen-bond acceptors (Lipinski definition) is 17. The van der Waals surface area contributed by atoms with Crippen molar-refractivity contribution in [3.8, 4) is 0 Å². The molecular formula is C31H21FN7Na3O10S3. The molecule has 0 saturated heterocycles. The number of benzene rings is 4. The van der Waals surface area contributed by atoms with Gasteiger partial charge in [0.25, 0.3) is 0 Å². The number of halogens is 1. The summed E-state index contributed by atoms with van der Waals surface area (Å²) in [5, 5.41) is 5.55. The summed E-state index contributed by atoms with van der Waals surface area (Å²) >= 11 is 0. The van der Waals surface area contributed by atoms with Gasteiger partial charge in [-0.2, -0.15) is 24.4 Å². The van der Waals surface area contributed by atoms with Crippen LogP contribution in [0.3, 0.4) is 0 Å². The second kappa shape index (κ2) is 18.3. The third-order valence-electron chi connectivity index (χ3n) is 7.56. The van der Waals surface area contributed by atoms with Crippen molar-refractivity contribution in [1.29, 1.82) is 0 Å². The number of allylic oxidation sites excluding steroid dienone is 1. The van der Waals surface area contributed by atoms with Gasteiger partial charge in [0.05, 0.1) is 20.4 Å². The van der Waals surface area contributed by atoms with Crippen molar-refractivity contribution in [2.45, 2.75) is 16.7 Å². The summed E-state index contributed by atoms with van der Waals surface area (Å²) in [4.78, 5) is 23.8. The molecule has 55 heavy (non-hydrogen) atoms. The number of hydrogen-bond donors (Lipinski definition) is 2. The quantitative estimate of drug-likeness (QED) is 0.0755. The van der Waals surface area contributed by atoms with Crippen LogP contribution in [-0.2, 0) is 30.4 Å². The van der Waals surface area contributed by atoms with Gasteiger partial charge in [0, 0.05) is 34.3 Å². The van der Waals surface area contributed by atoms with Crippen molar-refractivity contribution >= 4 is 87.7 Å². The van der Waals surface area contributed by atoms with Crippen molar-refractivity contribution < 1.29 is 137 Å². The number of hydrazone groups is 1. The molecule has 24 heteroatoms. The number of nitrogens with one attached hydrogen (secondary N) is 2. The van der Waals surface area contributed by atoms with Crippen LogP contribution in [0, 0.1) is 6.08 Å². The van der Waals surface area contributed by atoms with Crippen LogP contribution >= 0.6 is 0 Å². The molecule has 1 aliphatic carbocycles. The van der Waals surface area contributed by atoms with Gasteiger partial charge >= 0.3 is 94.8 Å². The molecule has 4 aromatic carbocycles. The van der Waals surface area contributed by atoms with Crippen LogP contribution in [0.1, 0.15) is 22.8 Å². The molecule has 2 N–H and O–H groups in total. The van der Waals surface area contributed by atoms with Gasteiger partial charge in [0.2, 0.25) is 17.7 Å². The van der Waals surface area contributed by atoms with Crippen LogP contribution in [-0.4, -0.2) is 71.9 Å². The van der Waals surface area contributed by atoms with E-state index in [-0.39, 0.29) is 117 Å². The molecule has 0 unspecified atom stereocenters. The molecule has 0 radical (unpaired) electrons. The van der Waals surface area contributed by atoms with Gasteiger partial charge in [-0.3, -0.25) is 10.2 Å². The minimum absolute atomic E-state index is 0. The Morgan fingerprint density at radius 1 is 0.782 bits per heavy atom. The molecule has 0 aliphatic heterocycles. The largest absolute Gasteiger partial charge is 1.00 e. The number of nitrogens with zero attached hydrogens (tertiary/aromatic N) is 5. The van der Waals surface area contributed by atoms with E-state index >= 15 is 0 Å². The fourth-order valence-electron chi connectivity index (χ4n) is 5.40. The maximum atomic E-state index is 14.5. The molecule has 1 aliphatic rings. The van der Waals surface area contributed by atoms with Crippen molar-refractivity contribution in [2.24, 2.45) is 5.10 Å². The second-order valence-electron chi connectivity index (χ2n) is 10.8. The topological polar surface area (TPSA) is 267 Å². The first-order chi connectivity index (χ1) is 24.5. The van der Waals surface area contributed by atoms with Crippen LogP contribution in [0.25, 0.3) is 16.8 Å². The predicted octanol–water partition coefficient (Wildman–Crippen LogP) is -5.56. The minimum atomic E-state index is -5.44. The van der Waals surface area contributed by atoms with Crippen molar-refractivity contribution in [3.63, 3.8) is 0 Å². The summed E-state index contributed by atoms with van der Waals surface area (Å²) in [5.41, 5.74) is 1.09. The molecule has 5 aromatic rings. The van der Waals surface area contributed by atoms with Gasteiger partial charge in [-0.1, -0.05) is 36.4 Å². The first-order valence-corrected chi connectivity index (χ1v) is 18.9. The Morgan fingerprint density at radius 2 is 1.47 bits per heavy atom. The Kier molecular flexibility index (Phi) is 15.5. The third kappa shape index (κ3) is 10.2. The molecule has 17 nitrogen and oxygen atoms in total. The molecule has 268 valence electrons. The molecule has 1 aromatic heterocycles. The van der Waals surface area contributed by atoms with E-state index in [0.29, 0.717) is 12.2 Å². The second-order valence-corrected chi connectivity index (χ2v) is 14.8. The Balaban J connectivity index is 0.00000271. The molecule has 1 heterocycles. The first kappa shape index (κ1) is 46.7. The Morgan fingerprint density at radius 3 is 2.09 bits per heavy atom. The van der Waals surface area contributed by atoms with Crippen molar-refractivity contribution in [1.82, 2.24) is 15.0 Å². The van der Waals surface area contributed by atoms with Gasteiger partial charge in [-0.25, -0.2) is 25.3 Å². The number of Topliss-reactive ketones (excluding diaryl/α,β-unsaturated/α-hetero) is 1. The number of rotatable bonds is 10. The fourth-order valence-corrected chi connectivity index (χ4v) is 7.57. The van der Waals surface area contributed by atoms with E-state index in [4.69, 9.17) is 0 Å². The summed E-state index contributed by atoms with van der Waals surface area (Å²) < 4.78 is 124. The SMILES string of the molecule is CCN(c1ccccc1)c1nc(F)nc(Nc2ccc3c(c2)C=C(S(=O)(=O)[O-])C(=NNc2ccc4c(S(=O)(=O)[O-])cccc4c2S(=O)(=O)[O-])C3=O)n1.[Na+].[Na+].[Na+]. The zero-order valence-electron chi connectivity index (χ0n) is 29.2. The average molecular weight is 836 g/mol. The van der Waals surface area contributed by atoms with E-state index in [1.54, 1.807) is 42.2 Å². The summed E-state index contributed by atoms with van der Waals surface area (Å²) in [6.07, 6.45) is -0.284. The average Bonchev–Trinajstić information content (AvgIpc) is 3.06. The molecule has 6 rings (SSSR count). The van der Waals surface area contributed by atoms with Gasteiger partial charge in [0.15, 0.2) is 0 Å². The van der Waals surface area contributed by atoms with Crippen LogP contribution in [0.4, 0.5) is 33.3 Å². The number of carbonyl (C=O) groups is 1. The predicted molar refractivity (Wildman–Crippen MR) is 182 cm³/mol. The van der Waals surface area contributed by atoms with E-state index in [1.807, 2.05) is 0 Å². The van der Waals surface area contributed by atoms with E-state index in [0.717, 1.165) is 36.4 Å². The molecule has 0 bridgehead atoms. The van der Waals surface area contributed by atoms with Gasteiger partial charge < -0.3 is 23.9 Å². The molecule has 0 fully saturated rings. The number of anilines is 5. The van der Waals surface area contributed by atoms with Crippen molar-refractivity contribution in [2.75, 3.05) is 22.2 Å². The molecule has 0 amide bonds. The van der Waals surface area contributed by atoms with Crippen LogP contribution in [0.5, 0.6) is 0 Å². The Labute approximate surface area is 380 Å². The number of aromatic nitrogens is 3. The molecule has 0 atom stereocenters. The Hall–Kier alpha value is -2.71. The summed E-state index contributed by atoms with van der Waals surface area (Å²) in [6, 6.07) is 17.6. The summed E-state index contributed by atoms with van der Waals surface area (Å²) in [6.45, 7) is 2.17.